The Bertz CT molecular complexity index is 405. The lowest BCUT2D eigenvalue weighted by atomic mass is 9.95. The summed E-state index contributed by atoms with van der Waals surface area (Å²) in [5, 5.41) is 8.80. The summed E-state index contributed by atoms with van der Waals surface area (Å²) in [7, 11) is 0. The summed E-state index contributed by atoms with van der Waals surface area (Å²) in [5.41, 5.74) is 1.50. The maximum atomic E-state index is 8.80. The summed E-state index contributed by atoms with van der Waals surface area (Å²) in [4.78, 5) is 6.52. The van der Waals surface area contributed by atoms with E-state index in [2.05, 4.69) is 41.9 Å². The minimum absolute atomic E-state index is 0.199. The van der Waals surface area contributed by atoms with E-state index in [9.17, 15) is 0 Å². The SMILES string of the molecule is CC1(C)CC(CC#N)CN1Cc1ccncc1. The molecule has 1 atom stereocenters. The molecule has 0 amide bonds. The Labute approximate surface area is 103 Å². The number of nitrogens with zero attached hydrogens (tertiary/aromatic N) is 3. The van der Waals surface area contributed by atoms with Gasteiger partial charge in [-0.3, -0.25) is 9.88 Å². The van der Waals surface area contributed by atoms with Crippen LogP contribution in [0.1, 0.15) is 32.3 Å². The average Bonchev–Trinajstić information content (AvgIpc) is 2.55. The molecular weight excluding hydrogens is 210 g/mol. The Hall–Kier alpha value is -1.40. The largest absolute Gasteiger partial charge is 0.294 e. The topological polar surface area (TPSA) is 39.9 Å². The zero-order valence-corrected chi connectivity index (χ0v) is 10.6. The molecule has 0 aromatic carbocycles. The van der Waals surface area contributed by atoms with Crippen molar-refractivity contribution < 1.29 is 0 Å². The van der Waals surface area contributed by atoms with E-state index in [1.54, 1.807) is 0 Å². The quantitative estimate of drug-likeness (QED) is 0.799. The molecule has 1 saturated heterocycles. The van der Waals surface area contributed by atoms with E-state index >= 15 is 0 Å². The molecule has 0 aliphatic carbocycles. The Morgan fingerprint density at radius 1 is 1.47 bits per heavy atom. The van der Waals surface area contributed by atoms with Crippen molar-refractivity contribution in [3.63, 3.8) is 0 Å². The average molecular weight is 229 g/mol. The van der Waals surface area contributed by atoms with Crippen molar-refractivity contribution in [2.75, 3.05) is 6.54 Å². The van der Waals surface area contributed by atoms with Crippen LogP contribution in [0.2, 0.25) is 0 Å². The van der Waals surface area contributed by atoms with Gasteiger partial charge in [0, 0.05) is 37.4 Å². The van der Waals surface area contributed by atoms with Gasteiger partial charge >= 0.3 is 0 Å². The maximum Gasteiger partial charge on any atom is 0.0625 e. The van der Waals surface area contributed by atoms with Gasteiger partial charge in [0.15, 0.2) is 0 Å². The van der Waals surface area contributed by atoms with Crippen molar-refractivity contribution in [3.05, 3.63) is 30.1 Å². The van der Waals surface area contributed by atoms with Crippen LogP contribution in [-0.2, 0) is 6.54 Å². The van der Waals surface area contributed by atoms with E-state index in [4.69, 9.17) is 5.26 Å². The van der Waals surface area contributed by atoms with Gasteiger partial charge < -0.3 is 0 Å². The van der Waals surface area contributed by atoms with E-state index in [0.717, 1.165) is 19.5 Å². The Balaban J connectivity index is 2.04. The maximum absolute atomic E-state index is 8.80. The van der Waals surface area contributed by atoms with Crippen LogP contribution in [0.25, 0.3) is 0 Å². The van der Waals surface area contributed by atoms with Crippen LogP contribution in [-0.4, -0.2) is 22.0 Å². The fraction of sp³-hybridized carbons (Fsp3) is 0.571. The lowest BCUT2D eigenvalue weighted by Gasteiger charge is -2.31. The zero-order chi connectivity index (χ0) is 12.3. The van der Waals surface area contributed by atoms with E-state index in [1.165, 1.54) is 5.56 Å². The highest BCUT2D eigenvalue weighted by Crippen LogP contribution is 2.35. The second-order valence-electron chi connectivity index (χ2n) is 5.48. The molecule has 3 nitrogen and oxygen atoms in total. The van der Waals surface area contributed by atoms with Crippen LogP contribution in [0.3, 0.4) is 0 Å². The first-order valence-corrected chi connectivity index (χ1v) is 6.13. The molecule has 17 heavy (non-hydrogen) atoms. The highest BCUT2D eigenvalue weighted by Gasteiger charge is 2.37. The van der Waals surface area contributed by atoms with Crippen molar-refractivity contribution in [2.45, 2.75) is 38.8 Å². The van der Waals surface area contributed by atoms with Crippen molar-refractivity contribution in [2.24, 2.45) is 5.92 Å². The third kappa shape index (κ3) is 2.83. The van der Waals surface area contributed by atoms with E-state index in [0.29, 0.717) is 12.3 Å². The number of aromatic nitrogens is 1. The molecular formula is C14H19N3. The van der Waals surface area contributed by atoms with Crippen molar-refractivity contribution >= 4 is 0 Å². The van der Waals surface area contributed by atoms with Gasteiger partial charge in [0.25, 0.3) is 0 Å². The molecule has 1 unspecified atom stereocenters. The van der Waals surface area contributed by atoms with Crippen molar-refractivity contribution in [3.8, 4) is 6.07 Å². The standard InChI is InChI=1S/C14H19N3/c1-14(2)9-13(3-6-15)11-17(14)10-12-4-7-16-8-5-12/h4-5,7-8,13H,3,9-11H2,1-2H3. The van der Waals surface area contributed by atoms with E-state index < -0.39 is 0 Å². The zero-order valence-electron chi connectivity index (χ0n) is 10.6. The molecule has 0 bridgehead atoms. The van der Waals surface area contributed by atoms with Gasteiger partial charge in [0.2, 0.25) is 0 Å². The van der Waals surface area contributed by atoms with Crippen LogP contribution in [0.15, 0.2) is 24.5 Å². The van der Waals surface area contributed by atoms with Gasteiger partial charge in [-0.1, -0.05) is 0 Å². The first-order valence-electron chi connectivity index (χ1n) is 6.13. The molecule has 0 saturated carbocycles. The van der Waals surface area contributed by atoms with Crippen LogP contribution >= 0.6 is 0 Å². The Morgan fingerprint density at radius 3 is 2.82 bits per heavy atom. The van der Waals surface area contributed by atoms with E-state index in [-0.39, 0.29) is 5.54 Å². The lowest BCUT2D eigenvalue weighted by molar-refractivity contribution is 0.166. The predicted molar refractivity (Wildman–Crippen MR) is 67.1 cm³/mol. The minimum atomic E-state index is 0.199. The van der Waals surface area contributed by atoms with Crippen LogP contribution in [0.5, 0.6) is 0 Å². The molecule has 3 heteroatoms. The van der Waals surface area contributed by atoms with Crippen LogP contribution in [0, 0.1) is 17.2 Å². The first kappa shape index (κ1) is 12.1. The summed E-state index contributed by atoms with van der Waals surface area (Å²) in [5.74, 6) is 0.525. The summed E-state index contributed by atoms with van der Waals surface area (Å²) >= 11 is 0. The monoisotopic (exact) mass is 229 g/mol. The first-order chi connectivity index (χ1) is 8.12. The second kappa shape index (κ2) is 4.85. The third-order valence-corrected chi connectivity index (χ3v) is 3.63. The number of hydrogen-bond donors (Lipinski definition) is 0. The molecule has 90 valence electrons. The van der Waals surface area contributed by atoms with Gasteiger partial charge in [-0.2, -0.15) is 5.26 Å². The molecule has 1 fully saturated rings. The molecule has 0 spiro atoms. The second-order valence-corrected chi connectivity index (χ2v) is 5.48. The third-order valence-electron chi connectivity index (χ3n) is 3.63. The normalized spacial score (nSPS) is 23.5. The molecule has 1 aromatic heterocycles. The van der Waals surface area contributed by atoms with E-state index in [1.807, 2.05) is 12.4 Å². The van der Waals surface area contributed by atoms with Crippen molar-refractivity contribution in [1.82, 2.24) is 9.88 Å². The van der Waals surface area contributed by atoms with Gasteiger partial charge in [-0.15, -0.1) is 0 Å². The fourth-order valence-corrected chi connectivity index (χ4v) is 2.71. The highest BCUT2D eigenvalue weighted by atomic mass is 15.2. The van der Waals surface area contributed by atoms with Gasteiger partial charge in [0.1, 0.15) is 0 Å². The van der Waals surface area contributed by atoms with Crippen LogP contribution in [0.4, 0.5) is 0 Å². The number of pyridine rings is 1. The Morgan fingerprint density at radius 2 is 2.18 bits per heavy atom. The number of likely N-dealkylation sites (tertiary alicyclic amines) is 1. The van der Waals surface area contributed by atoms with Crippen molar-refractivity contribution in [1.29, 1.82) is 5.26 Å². The molecule has 1 aliphatic heterocycles. The molecule has 2 rings (SSSR count). The number of rotatable bonds is 3. The fourth-order valence-electron chi connectivity index (χ4n) is 2.71. The molecule has 1 aromatic rings. The summed E-state index contributed by atoms with van der Waals surface area (Å²) in [6.07, 6.45) is 5.47. The molecule has 0 N–H and O–H groups in total. The van der Waals surface area contributed by atoms with Crippen LogP contribution < -0.4 is 0 Å². The predicted octanol–water partition coefficient (Wildman–Crippen LogP) is 2.60. The minimum Gasteiger partial charge on any atom is -0.294 e. The smallest absolute Gasteiger partial charge is 0.0625 e. The highest BCUT2D eigenvalue weighted by molar-refractivity contribution is 5.11. The summed E-state index contributed by atoms with van der Waals surface area (Å²) in [6, 6.07) is 6.42. The van der Waals surface area contributed by atoms with Gasteiger partial charge in [-0.25, -0.2) is 0 Å². The summed E-state index contributed by atoms with van der Waals surface area (Å²) < 4.78 is 0. The van der Waals surface area contributed by atoms with Gasteiger partial charge in [0.05, 0.1) is 6.07 Å². The number of hydrogen-bond acceptors (Lipinski definition) is 3. The Kier molecular flexibility index (Phi) is 3.44. The molecule has 0 radical (unpaired) electrons. The van der Waals surface area contributed by atoms with Gasteiger partial charge in [-0.05, 0) is 43.9 Å². The number of nitriles is 1. The molecule has 1 aliphatic rings. The molecule has 2 heterocycles. The summed E-state index contributed by atoms with van der Waals surface area (Å²) in [6.45, 7) is 6.53. The lowest BCUT2D eigenvalue weighted by Crippen LogP contribution is -2.37.